The second kappa shape index (κ2) is 6.59. The van der Waals surface area contributed by atoms with Crippen LogP contribution in [0.15, 0.2) is 24.3 Å². The fourth-order valence-corrected chi connectivity index (χ4v) is 2.67. The van der Waals surface area contributed by atoms with Gasteiger partial charge in [-0.2, -0.15) is 0 Å². The Morgan fingerprint density at radius 2 is 1.90 bits per heavy atom. The highest BCUT2D eigenvalue weighted by atomic mass is 35.5. The number of rotatable bonds is 4. The van der Waals surface area contributed by atoms with Crippen LogP contribution in [-0.4, -0.2) is 25.5 Å². The Kier molecular flexibility index (Phi) is 5.06. The highest BCUT2D eigenvalue weighted by Crippen LogP contribution is 2.24. The molecule has 0 bridgehead atoms. The van der Waals surface area contributed by atoms with Gasteiger partial charge in [0.25, 0.3) is 0 Å². The molecule has 0 atom stereocenters. The Morgan fingerprint density at radius 1 is 1.30 bits per heavy atom. The summed E-state index contributed by atoms with van der Waals surface area (Å²) in [4.78, 5) is 12.2. The molecule has 0 spiro atoms. The quantitative estimate of drug-likeness (QED) is 0.896. The van der Waals surface area contributed by atoms with Crippen molar-refractivity contribution in [2.45, 2.75) is 32.1 Å². The molecule has 0 saturated carbocycles. The zero-order valence-corrected chi connectivity index (χ0v) is 13.0. The number of nitrogens with one attached hydrogen (secondary N) is 2. The minimum absolute atomic E-state index is 0.0901. The van der Waals surface area contributed by atoms with Crippen LogP contribution in [0.1, 0.15) is 32.3 Å². The van der Waals surface area contributed by atoms with E-state index in [1.54, 1.807) is 0 Å². The Hall–Kier alpha value is -1.06. The normalized spacial score (nSPS) is 16.9. The van der Waals surface area contributed by atoms with Crippen molar-refractivity contribution in [2.24, 2.45) is 5.92 Å². The molecule has 20 heavy (non-hydrogen) atoms. The summed E-state index contributed by atoms with van der Waals surface area (Å²) in [6.45, 7) is 6.81. The minimum atomic E-state index is -0.0901. The largest absolute Gasteiger partial charge is 0.355 e. The molecule has 2 rings (SSSR count). The molecule has 4 heteroatoms. The van der Waals surface area contributed by atoms with Gasteiger partial charge in [-0.1, -0.05) is 37.6 Å². The Labute approximate surface area is 126 Å². The van der Waals surface area contributed by atoms with Crippen LogP contribution in [0.2, 0.25) is 5.02 Å². The molecule has 1 aliphatic heterocycles. The molecule has 1 aromatic rings. The Morgan fingerprint density at radius 3 is 2.50 bits per heavy atom. The molecule has 1 aromatic carbocycles. The van der Waals surface area contributed by atoms with Gasteiger partial charge < -0.3 is 10.6 Å². The van der Waals surface area contributed by atoms with E-state index >= 15 is 0 Å². The van der Waals surface area contributed by atoms with E-state index < -0.39 is 0 Å². The van der Waals surface area contributed by atoms with E-state index in [9.17, 15) is 4.79 Å². The van der Waals surface area contributed by atoms with Crippen molar-refractivity contribution < 1.29 is 4.79 Å². The molecule has 0 aromatic heterocycles. The predicted octanol–water partition coefficient (Wildman–Crippen LogP) is 2.73. The molecule has 1 saturated heterocycles. The Balaban J connectivity index is 1.91. The van der Waals surface area contributed by atoms with Gasteiger partial charge in [0, 0.05) is 22.9 Å². The van der Waals surface area contributed by atoms with Gasteiger partial charge in [-0.05, 0) is 43.6 Å². The van der Waals surface area contributed by atoms with Crippen molar-refractivity contribution in [1.82, 2.24) is 10.6 Å². The Bertz CT molecular complexity index is 450. The first kappa shape index (κ1) is 15.3. The molecule has 3 nitrogen and oxygen atoms in total. The van der Waals surface area contributed by atoms with Crippen LogP contribution in [0.25, 0.3) is 0 Å². The summed E-state index contributed by atoms with van der Waals surface area (Å²) < 4.78 is 0. The maximum absolute atomic E-state index is 12.2. The van der Waals surface area contributed by atoms with Crippen LogP contribution in [0, 0.1) is 5.92 Å². The summed E-state index contributed by atoms with van der Waals surface area (Å²) in [5, 5.41) is 7.13. The molecular formula is C16H23ClN2O. The van der Waals surface area contributed by atoms with E-state index in [-0.39, 0.29) is 17.2 Å². The minimum Gasteiger partial charge on any atom is -0.355 e. The monoisotopic (exact) mass is 294 g/mol. The summed E-state index contributed by atoms with van der Waals surface area (Å²) in [6.07, 6.45) is 1.88. The number of hydrogen-bond acceptors (Lipinski definition) is 2. The van der Waals surface area contributed by atoms with Gasteiger partial charge in [0.15, 0.2) is 0 Å². The fraction of sp³-hybridized carbons (Fsp3) is 0.562. The highest BCUT2D eigenvalue weighted by Gasteiger charge is 2.25. The maximum Gasteiger partial charge on any atom is 0.223 e. The topological polar surface area (TPSA) is 41.1 Å². The first-order valence-corrected chi connectivity index (χ1v) is 7.61. The molecule has 0 unspecified atom stereocenters. The molecule has 1 fully saturated rings. The average Bonchev–Trinajstić information content (AvgIpc) is 2.46. The molecule has 110 valence electrons. The van der Waals surface area contributed by atoms with Gasteiger partial charge in [0.05, 0.1) is 0 Å². The smallest absolute Gasteiger partial charge is 0.223 e. The van der Waals surface area contributed by atoms with Crippen molar-refractivity contribution >= 4 is 17.5 Å². The van der Waals surface area contributed by atoms with Gasteiger partial charge in [-0.15, -0.1) is 0 Å². The van der Waals surface area contributed by atoms with Gasteiger partial charge in [0.1, 0.15) is 0 Å². The molecule has 1 amide bonds. The van der Waals surface area contributed by atoms with E-state index in [1.807, 2.05) is 24.3 Å². The molecule has 2 N–H and O–H groups in total. The maximum atomic E-state index is 12.2. The van der Waals surface area contributed by atoms with Crippen LogP contribution in [0.3, 0.4) is 0 Å². The number of piperidine rings is 1. The number of hydrogen-bond donors (Lipinski definition) is 2. The van der Waals surface area contributed by atoms with Crippen LogP contribution >= 0.6 is 11.6 Å². The van der Waals surface area contributed by atoms with Crippen LogP contribution in [0.5, 0.6) is 0 Å². The average molecular weight is 295 g/mol. The van der Waals surface area contributed by atoms with E-state index in [0.29, 0.717) is 6.54 Å². The summed E-state index contributed by atoms with van der Waals surface area (Å²) in [5.41, 5.74) is 1.10. The lowest BCUT2D eigenvalue weighted by molar-refractivity contribution is -0.125. The standard InChI is InChI=1S/C16H23ClN2O/c1-16(2,13-3-5-14(17)6-4-13)11-19-15(20)12-7-9-18-10-8-12/h3-6,12,18H,7-11H2,1-2H3,(H,19,20). The van der Waals surface area contributed by atoms with E-state index in [1.165, 1.54) is 5.56 Å². The van der Waals surface area contributed by atoms with Crippen molar-refractivity contribution in [1.29, 1.82) is 0 Å². The molecule has 0 aliphatic carbocycles. The van der Waals surface area contributed by atoms with Gasteiger partial charge in [-0.25, -0.2) is 0 Å². The predicted molar refractivity (Wildman–Crippen MR) is 83.1 cm³/mol. The lowest BCUT2D eigenvalue weighted by Gasteiger charge is -2.28. The lowest BCUT2D eigenvalue weighted by atomic mass is 9.84. The van der Waals surface area contributed by atoms with Crippen LogP contribution in [0.4, 0.5) is 0 Å². The van der Waals surface area contributed by atoms with E-state index in [2.05, 4.69) is 24.5 Å². The van der Waals surface area contributed by atoms with Crippen molar-refractivity contribution in [2.75, 3.05) is 19.6 Å². The van der Waals surface area contributed by atoms with Crippen LogP contribution < -0.4 is 10.6 Å². The summed E-state index contributed by atoms with van der Waals surface area (Å²) >= 11 is 5.92. The van der Waals surface area contributed by atoms with Crippen molar-refractivity contribution in [3.8, 4) is 0 Å². The van der Waals surface area contributed by atoms with Gasteiger partial charge in [0.2, 0.25) is 5.91 Å². The fourth-order valence-electron chi connectivity index (χ4n) is 2.54. The lowest BCUT2D eigenvalue weighted by Crippen LogP contribution is -2.42. The molecular weight excluding hydrogens is 272 g/mol. The SMILES string of the molecule is CC(C)(CNC(=O)C1CCNCC1)c1ccc(Cl)cc1. The zero-order valence-electron chi connectivity index (χ0n) is 12.2. The second-order valence-electron chi connectivity index (χ2n) is 6.13. The second-order valence-corrected chi connectivity index (χ2v) is 6.57. The third-order valence-electron chi connectivity index (χ3n) is 4.04. The first-order valence-electron chi connectivity index (χ1n) is 7.23. The van der Waals surface area contributed by atoms with Crippen molar-refractivity contribution in [3.05, 3.63) is 34.9 Å². The number of carbonyl (C=O) groups is 1. The zero-order chi connectivity index (χ0) is 14.6. The summed E-state index contributed by atoms with van der Waals surface area (Å²) in [7, 11) is 0. The number of halogens is 1. The van der Waals surface area contributed by atoms with E-state index in [4.69, 9.17) is 11.6 Å². The van der Waals surface area contributed by atoms with Gasteiger partial charge >= 0.3 is 0 Å². The number of carbonyl (C=O) groups excluding carboxylic acids is 1. The van der Waals surface area contributed by atoms with Crippen molar-refractivity contribution in [3.63, 3.8) is 0 Å². The van der Waals surface area contributed by atoms with Crippen LogP contribution in [-0.2, 0) is 10.2 Å². The summed E-state index contributed by atoms with van der Waals surface area (Å²) in [5.74, 6) is 0.353. The molecule has 1 heterocycles. The van der Waals surface area contributed by atoms with Gasteiger partial charge in [-0.3, -0.25) is 4.79 Å². The number of benzene rings is 1. The third kappa shape index (κ3) is 3.97. The first-order chi connectivity index (χ1) is 9.49. The third-order valence-corrected chi connectivity index (χ3v) is 4.29. The number of amides is 1. The highest BCUT2D eigenvalue weighted by molar-refractivity contribution is 6.30. The molecule has 0 radical (unpaired) electrons. The molecule has 1 aliphatic rings. The van der Waals surface area contributed by atoms with E-state index in [0.717, 1.165) is 31.0 Å². The summed E-state index contributed by atoms with van der Waals surface area (Å²) in [6, 6.07) is 7.85.